The predicted octanol–water partition coefficient (Wildman–Crippen LogP) is 5.59. The first-order valence-electron chi connectivity index (χ1n) is 10.3. The highest BCUT2D eigenvalue weighted by Crippen LogP contribution is 2.46. The van der Waals surface area contributed by atoms with Crippen molar-refractivity contribution in [2.24, 2.45) is 5.73 Å². The minimum absolute atomic E-state index is 0.168. The van der Waals surface area contributed by atoms with Gasteiger partial charge in [-0.2, -0.15) is 4.31 Å². The van der Waals surface area contributed by atoms with Crippen molar-refractivity contribution in [2.45, 2.75) is 30.3 Å². The Kier molecular flexibility index (Phi) is 6.64. The highest BCUT2D eigenvalue weighted by atomic mass is 35.5. The normalized spacial score (nSPS) is 19.2. The Morgan fingerprint density at radius 2 is 1.64 bits per heavy atom. The largest absolute Gasteiger partial charge is 0.366 e. The summed E-state index contributed by atoms with van der Waals surface area (Å²) < 4.78 is 29.7. The van der Waals surface area contributed by atoms with E-state index in [0.29, 0.717) is 21.2 Å². The van der Waals surface area contributed by atoms with Gasteiger partial charge in [-0.25, -0.2) is 8.42 Å². The maximum absolute atomic E-state index is 14.2. The van der Waals surface area contributed by atoms with Crippen molar-refractivity contribution in [2.75, 3.05) is 0 Å². The van der Waals surface area contributed by atoms with Gasteiger partial charge in [-0.3, -0.25) is 4.79 Å². The molecule has 1 amide bonds. The molecule has 0 aromatic heterocycles. The lowest BCUT2D eigenvalue weighted by molar-refractivity contribution is -0.115. The van der Waals surface area contributed by atoms with Gasteiger partial charge in [0.25, 0.3) is 0 Å². The number of hydrogen-bond acceptors (Lipinski definition) is 3. The Labute approximate surface area is 203 Å². The Morgan fingerprint density at radius 3 is 2.27 bits per heavy atom. The van der Waals surface area contributed by atoms with Gasteiger partial charge in [-0.05, 0) is 60.4 Å². The van der Waals surface area contributed by atoms with Crippen LogP contribution >= 0.6 is 23.2 Å². The van der Waals surface area contributed by atoms with Gasteiger partial charge in [-0.1, -0.05) is 71.7 Å². The van der Waals surface area contributed by atoms with Crippen LogP contribution in [0.3, 0.4) is 0 Å². The maximum Gasteiger partial charge on any atom is 0.246 e. The first-order chi connectivity index (χ1) is 15.7. The minimum Gasteiger partial charge on any atom is -0.366 e. The van der Waals surface area contributed by atoms with Crippen molar-refractivity contribution in [3.63, 3.8) is 0 Å². The van der Waals surface area contributed by atoms with Crippen LogP contribution in [0.1, 0.15) is 35.2 Å². The molecule has 0 bridgehead atoms. The van der Waals surface area contributed by atoms with Gasteiger partial charge in [0.2, 0.25) is 15.9 Å². The van der Waals surface area contributed by atoms with E-state index in [9.17, 15) is 13.2 Å². The van der Waals surface area contributed by atoms with Crippen LogP contribution in [0.4, 0.5) is 0 Å². The summed E-state index contributed by atoms with van der Waals surface area (Å²) in [7, 11) is -4.07. The first-order valence-corrected chi connectivity index (χ1v) is 12.5. The second-order valence-corrected chi connectivity index (χ2v) is 10.6. The van der Waals surface area contributed by atoms with Crippen molar-refractivity contribution in [3.8, 4) is 0 Å². The number of nitrogens with zero attached hydrogens (tertiary/aromatic N) is 1. The number of sulfonamides is 1. The SMILES string of the molecule is Cc1ccccc1S(=O)(=O)N1C(c2cccc(Cl)c2)C(C(N)=O)=CC[C@H]1c1ccc(Cl)cc1. The Bertz CT molecular complexity index is 1340. The fourth-order valence-electron chi connectivity index (χ4n) is 4.24. The highest BCUT2D eigenvalue weighted by Gasteiger charge is 2.44. The lowest BCUT2D eigenvalue weighted by atomic mass is 9.89. The number of primary amides is 1. The van der Waals surface area contributed by atoms with E-state index < -0.39 is 28.0 Å². The molecule has 1 heterocycles. The number of carbonyl (C=O) groups is 1. The number of hydrogen-bond donors (Lipinski definition) is 1. The van der Waals surface area contributed by atoms with Gasteiger partial charge in [0.05, 0.1) is 17.0 Å². The molecule has 2 atom stereocenters. The van der Waals surface area contributed by atoms with E-state index >= 15 is 0 Å². The van der Waals surface area contributed by atoms with Crippen molar-refractivity contribution in [1.82, 2.24) is 4.31 Å². The quantitative estimate of drug-likeness (QED) is 0.495. The van der Waals surface area contributed by atoms with E-state index in [1.807, 2.05) is 0 Å². The zero-order valence-corrected chi connectivity index (χ0v) is 20.1. The Hall–Kier alpha value is -2.64. The Balaban J connectivity index is 2.00. The summed E-state index contributed by atoms with van der Waals surface area (Å²) in [6.45, 7) is 1.74. The zero-order chi connectivity index (χ0) is 23.8. The molecule has 0 aliphatic carbocycles. The predicted molar refractivity (Wildman–Crippen MR) is 130 cm³/mol. The second-order valence-electron chi connectivity index (χ2n) is 7.88. The molecule has 3 aromatic rings. The van der Waals surface area contributed by atoms with Crippen LogP contribution in [0.25, 0.3) is 0 Å². The van der Waals surface area contributed by atoms with Crippen LogP contribution in [-0.4, -0.2) is 18.6 Å². The maximum atomic E-state index is 14.2. The molecule has 33 heavy (non-hydrogen) atoms. The molecule has 2 N–H and O–H groups in total. The van der Waals surface area contributed by atoms with Crippen molar-refractivity contribution >= 4 is 39.1 Å². The molecule has 5 nitrogen and oxygen atoms in total. The molecule has 1 unspecified atom stereocenters. The van der Waals surface area contributed by atoms with Crippen LogP contribution in [0, 0.1) is 6.92 Å². The van der Waals surface area contributed by atoms with Gasteiger partial charge in [0.1, 0.15) is 0 Å². The third-order valence-electron chi connectivity index (χ3n) is 5.77. The molecule has 3 aromatic carbocycles. The van der Waals surface area contributed by atoms with E-state index in [1.165, 1.54) is 4.31 Å². The zero-order valence-electron chi connectivity index (χ0n) is 17.8. The molecule has 0 spiro atoms. The van der Waals surface area contributed by atoms with Gasteiger partial charge in [0.15, 0.2) is 0 Å². The number of benzene rings is 3. The third-order valence-corrected chi connectivity index (χ3v) is 8.29. The fraction of sp³-hybridized carbons (Fsp3) is 0.160. The molecular weight excluding hydrogens is 479 g/mol. The summed E-state index contributed by atoms with van der Waals surface area (Å²) in [6.07, 6.45) is 2.00. The second kappa shape index (κ2) is 9.31. The lowest BCUT2D eigenvalue weighted by Crippen LogP contribution is -2.43. The molecule has 8 heteroatoms. The van der Waals surface area contributed by atoms with Gasteiger partial charge in [-0.15, -0.1) is 0 Å². The van der Waals surface area contributed by atoms with E-state index in [-0.39, 0.29) is 16.9 Å². The Morgan fingerprint density at radius 1 is 0.939 bits per heavy atom. The summed E-state index contributed by atoms with van der Waals surface area (Å²) in [4.78, 5) is 12.6. The van der Waals surface area contributed by atoms with Crippen LogP contribution in [-0.2, 0) is 14.8 Å². The number of rotatable bonds is 5. The molecule has 1 aliphatic rings. The average Bonchev–Trinajstić information content (AvgIpc) is 2.78. The smallest absolute Gasteiger partial charge is 0.246 e. The van der Waals surface area contributed by atoms with E-state index in [0.717, 1.165) is 5.56 Å². The lowest BCUT2D eigenvalue weighted by Gasteiger charge is -2.41. The number of carbonyl (C=O) groups excluding carboxylic acids is 1. The number of nitrogens with two attached hydrogens (primary N) is 1. The summed E-state index contributed by atoms with van der Waals surface area (Å²) >= 11 is 12.3. The van der Waals surface area contributed by atoms with E-state index in [1.54, 1.807) is 85.8 Å². The van der Waals surface area contributed by atoms with Crippen LogP contribution in [0.2, 0.25) is 10.0 Å². The first kappa shape index (κ1) is 23.5. The van der Waals surface area contributed by atoms with E-state index in [4.69, 9.17) is 28.9 Å². The molecule has 0 fully saturated rings. The van der Waals surface area contributed by atoms with Crippen LogP contribution < -0.4 is 5.73 Å². The van der Waals surface area contributed by atoms with Crippen LogP contribution in [0.5, 0.6) is 0 Å². The molecule has 4 rings (SSSR count). The molecule has 0 radical (unpaired) electrons. The number of halogens is 2. The number of amides is 1. The monoisotopic (exact) mass is 500 g/mol. The standard InChI is InChI=1S/C25H22Cl2N2O3S/c1-16-5-2-3-8-23(16)33(31,32)29-22(17-9-11-19(26)12-10-17)14-13-21(25(28)30)24(29)18-6-4-7-20(27)15-18/h2-13,15,22,24H,14H2,1H3,(H2,28,30)/t22-,24?/m0/s1. The summed E-state index contributed by atoms with van der Waals surface area (Å²) in [5.41, 5.74) is 7.86. The van der Waals surface area contributed by atoms with Crippen molar-refractivity contribution in [3.05, 3.63) is 111 Å². The number of aryl methyl sites for hydroxylation is 1. The summed E-state index contributed by atoms with van der Waals surface area (Å²) in [6, 6.07) is 19.1. The van der Waals surface area contributed by atoms with Gasteiger partial charge < -0.3 is 5.73 Å². The topological polar surface area (TPSA) is 80.5 Å². The fourth-order valence-corrected chi connectivity index (χ4v) is 6.58. The minimum atomic E-state index is -4.07. The van der Waals surface area contributed by atoms with Crippen molar-refractivity contribution in [1.29, 1.82) is 0 Å². The molecule has 1 aliphatic heterocycles. The average molecular weight is 501 g/mol. The van der Waals surface area contributed by atoms with Gasteiger partial charge >= 0.3 is 0 Å². The van der Waals surface area contributed by atoms with Crippen molar-refractivity contribution < 1.29 is 13.2 Å². The summed E-state index contributed by atoms with van der Waals surface area (Å²) in [5.74, 6) is -0.681. The molecule has 170 valence electrons. The highest BCUT2D eigenvalue weighted by molar-refractivity contribution is 7.89. The van der Waals surface area contributed by atoms with Gasteiger partial charge in [0, 0.05) is 15.6 Å². The summed E-state index contributed by atoms with van der Waals surface area (Å²) in [5, 5.41) is 0.973. The van der Waals surface area contributed by atoms with Crippen LogP contribution in [0.15, 0.2) is 89.3 Å². The third kappa shape index (κ3) is 4.57. The van der Waals surface area contributed by atoms with E-state index in [2.05, 4.69) is 0 Å². The molecule has 0 saturated carbocycles. The molecular formula is C25H22Cl2N2O3S. The molecule has 0 saturated heterocycles.